The third-order valence-electron chi connectivity index (χ3n) is 11.7. The highest BCUT2D eigenvalue weighted by Crippen LogP contribution is 2.45. The number of hydrogen-bond donors (Lipinski definition) is 0. The Kier molecular flexibility index (Phi) is 16.4. The van der Waals surface area contributed by atoms with Gasteiger partial charge in [0.05, 0.1) is 26.4 Å². The molecule has 0 radical (unpaired) electrons. The minimum Gasteiger partial charge on any atom is -0.434 e. The summed E-state index contributed by atoms with van der Waals surface area (Å²) in [5, 5.41) is 0. The summed E-state index contributed by atoms with van der Waals surface area (Å²) in [4.78, 5) is 54.3. The third-order valence-corrected chi connectivity index (χ3v) is 11.7. The first-order valence-corrected chi connectivity index (χ1v) is 23.7. The van der Waals surface area contributed by atoms with Gasteiger partial charge in [-0.05, 0) is 71.6 Å². The predicted molar refractivity (Wildman–Crippen MR) is 262 cm³/mol. The molecule has 0 aromatic heterocycles. The van der Waals surface area contributed by atoms with Crippen molar-refractivity contribution < 1.29 is 57.1 Å². The summed E-state index contributed by atoms with van der Waals surface area (Å²) in [6, 6.07) is 16.1. The van der Waals surface area contributed by atoms with E-state index in [4.69, 9.17) is 37.9 Å². The van der Waals surface area contributed by atoms with Crippen LogP contribution >= 0.6 is 0 Å². The molecule has 0 atom stereocenters. The van der Waals surface area contributed by atoms with Crippen LogP contribution in [0.5, 0.6) is 23.0 Å². The minimum absolute atomic E-state index is 0.0750. The summed E-state index contributed by atoms with van der Waals surface area (Å²) in [6.07, 6.45) is -3.09. The molecule has 0 N–H and O–H groups in total. The fourth-order valence-electron chi connectivity index (χ4n) is 8.07. The average Bonchev–Trinajstić information content (AvgIpc) is 3.20. The molecule has 12 heteroatoms. The van der Waals surface area contributed by atoms with Crippen LogP contribution in [0.25, 0.3) is 0 Å². The number of carbonyl (C=O) groups excluding carboxylic acids is 4. The maximum Gasteiger partial charge on any atom is 0.513 e. The van der Waals surface area contributed by atoms with E-state index in [1.807, 2.05) is 48.5 Å². The first kappa shape index (κ1) is 52.9. The van der Waals surface area contributed by atoms with E-state index in [2.05, 4.69) is 83.1 Å². The largest absolute Gasteiger partial charge is 0.513 e. The predicted octanol–water partition coefficient (Wildman–Crippen LogP) is 13.7. The van der Waals surface area contributed by atoms with Gasteiger partial charge in [0.2, 0.25) is 0 Å². The molecule has 0 saturated carbocycles. The molecule has 0 unspecified atom stereocenters. The second-order valence-electron chi connectivity index (χ2n) is 21.3. The van der Waals surface area contributed by atoms with Crippen molar-refractivity contribution in [2.45, 2.75) is 158 Å². The first-order chi connectivity index (χ1) is 31.7. The lowest BCUT2D eigenvalue weighted by Gasteiger charge is -2.28. The molecule has 0 fully saturated rings. The molecule has 1 aliphatic carbocycles. The Morgan fingerprint density at radius 2 is 0.471 bits per heavy atom. The van der Waals surface area contributed by atoms with Gasteiger partial charge in [-0.1, -0.05) is 132 Å². The lowest BCUT2D eigenvalue weighted by atomic mass is 9.79. The molecule has 0 aliphatic heterocycles. The normalized spacial score (nSPS) is 12.9. The Balaban J connectivity index is 2.09. The van der Waals surface area contributed by atoms with Crippen molar-refractivity contribution in [2.24, 2.45) is 0 Å². The van der Waals surface area contributed by atoms with Crippen molar-refractivity contribution >= 4 is 24.6 Å². The first-order valence-electron chi connectivity index (χ1n) is 23.7. The Bertz CT molecular complexity index is 2080. The number of carbonyl (C=O) groups is 4. The molecule has 368 valence electrons. The molecule has 4 aromatic carbocycles. The molecule has 5 rings (SSSR count). The van der Waals surface area contributed by atoms with Gasteiger partial charge < -0.3 is 37.9 Å². The van der Waals surface area contributed by atoms with Crippen molar-refractivity contribution in [3.8, 4) is 23.0 Å². The summed E-state index contributed by atoms with van der Waals surface area (Å²) >= 11 is 0. The highest BCUT2D eigenvalue weighted by atomic mass is 16.7. The molecule has 0 saturated heterocycles. The summed E-state index contributed by atoms with van der Waals surface area (Å²) < 4.78 is 46.7. The lowest BCUT2D eigenvalue weighted by Crippen LogP contribution is -2.20. The second kappa shape index (κ2) is 21.1. The van der Waals surface area contributed by atoms with Crippen LogP contribution in [0.1, 0.15) is 178 Å². The van der Waals surface area contributed by atoms with E-state index in [0.717, 1.165) is 22.3 Å². The molecule has 0 amide bonds. The van der Waals surface area contributed by atoms with Gasteiger partial charge in [-0.3, -0.25) is 0 Å². The van der Waals surface area contributed by atoms with Crippen LogP contribution in [0.4, 0.5) is 19.2 Å². The van der Waals surface area contributed by atoms with Crippen LogP contribution in [-0.4, -0.2) is 51.0 Å². The Labute approximate surface area is 403 Å². The van der Waals surface area contributed by atoms with Crippen LogP contribution in [0.15, 0.2) is 48.5 Å². The molecule has 1 aliphatic rings. The fraction of sp³-hybridized carbons (Fsp3) is 0.500. The van der Waals surface area contributed by atoms with Crippen LogP contribution in [-0.2, 0) is 66.3 Å². The summed E-state index contributed by atoms with van der Waals surface area (Å²) in [5.74, 6) is 1.01. The highest BCUT2D eigenvalue weighted by Gasteiger charge is 2.32. The number of ether oxygens (including phenoxy) is 8. The smallest absolute Gasteiger partial charge is 0.434 e. The van der Waals surface area contributed by atoms with E-state index in [-0.39, 0.29) is 75.1 Å². The van der Waals surface area contributed by atoms with Crippen molar-refractivity contribution in [1.82, 2.24) is 0 Å². The van der Waals surface area contributed by atoms with E-state index in [1.165, 1.54) is 0 Å². The van der Waals surface area contributed by atoms with Gasteiger partial charge in [-0.2, -0.15) is 0 Å². The zero-order chi connectivity index (χ0) is 50.5. The van der Waals surface area contributed by atoms with E-state index in [0.29, 0.717) is 44.5 Å². The van der Waals surface area contributed by atoms with Gasteiger partial charge in [-0.15, -0.1) is 0 Å². The zero-order valence-electron chi connectivity index (χ0n) is 43.2. The van der Waals surface area contributed by atoms with Gasteiger partial charge in [0.15, 0.2) is 0 Å². The maximum atomic E-state index is 13.6. The molecule has 68 heavy (non-hydrogen) atoms. The highest BCUT2D eigenvalue weighted by molar-refractivity contribution is 5.72. The number of benzene rings is 4. The van der Waals surface area contributed by atoms with Gasteiger partial charge in [0.1, 0.15) is 23.0 Å². The van der Waals surface area contributed by atoms with Crippen molar-refractivity contribution in [3.63, 3.8) is 0 Å². The molecular formula is C56H72O12. The van der Waals surface area contributed by atoms with Gasteiger partial charge in [0.25, 0.3) is 0 Å². The van der Waals surface area contributed by atoms with E-state index in [9.17, 15) is 19.2 Å². The van der Waals surface area contributed by atoms with Crippen molar-refractivity contribution in [3.05, 3.63) is 115 Å². The van der Waals surface area contributed by atoms with Crippen molar-refractivity contribution in [2.75, 3.05) is 26.4 Å². The van der Waals surface area contributed by atoms with E-state index in [1.54, 1.807) is 27.7 Å². The SMILES string of the molecule is CCOC(=O)Oc1c2cc(C(C)(C)C)cc1Cc1cc(C(C)(C)C)cc(c1OC(=O)OCC)Cc1cc(C(C)(C)C)cc(c1OC(=O)OCC)Cc1cc(C(C)(C)C)cc(c1OC(=O)OCC)C2. The van der Waals surface area contributed by atoms with E-state index >= 15 is 0 Å². The summed E-state index contributed by atoms with van der Waals surface area (Å²) in [5.41, 5.74) is 7.04. The number of rotatable bonds is 8. The van der Waals surface area contributed by atoms with Gasteiger partial charge in [-0.25, -0.2) is 19.2 Å². The van der Waals surface area contributed by atoms with E-state index < -0.39 is 46.3 Å². The average molecular weight is 937 g/mol. The molecule has 0 heterocycles. The van der Waals surface area contributed by atoms with Crippen LogP contribution in [0.3, 0.4) is 0 Å². The van der Waals surface area contributed by atoms with Crippen LogP contribution in [0.2, 0.25) is 0 Å². The molecule has 0 spiro atoms. The van der Waals surface area contributed by atoms with Crippen LogP contribution in [0, 0.1) is 0 Å². The quantitative estimate of drug-likeness (QED) is 0.0830. The Morgan fingerprint density at radius 3 is 0.588 bits per heavy atom. The van der Waals surface area contributed by atoms with Gasteiger partial charge >= 0.3 is 24.6 Å². The Morgan fingerprint density at radius 1 is 0.324 bits per heavy atom. The molecular weight excluding hydrogens is 865 g/mol. The summed E-state index contributed by atoms with van der Waals surface area (Å²) in [6.45, 7) is 32.3. The second-order valence-corrected chi connectivity index (χ2v) is 21.3. The standard InChI is InChI=1S/C56H72O12/c1-17-61-49(57)65-45-33-21-35-27-42(54(8,9)10)29-37(46(35)66-50(58)62-18-2)23-39-31-44(56(14,15)16)32-40(48(39)68-52(60)64-20-4)24-38-30-43(55(11,12)13)28-36(47(38)67-51(59)63-19-3)22-34(45)26-41(25-33)53(5,6)7/h25-32H,17-24H2,1-16H3. The van der Waals surface area contributed by atoms with Gasteiger partial charge in [0, 0.05) is 70.2 Å². The molecule has 12 nitrogen and oxygen atoms in total. The monoisotopic (exact) mass is 937 g/mol. The number of hydrogen-bond acceptors (Lipinski definition) is 12. The van der Waals surface area contributed by atoms with Crippen LogP contribution < -0.4 is 18.9 Å². The fourth-order valence-corrected chi connectivity index (χ4v) is 8.07. The van der Waals surface area contributed by atoms with Crippen molar-refractivity contribution in [1.29, 1.82) is 0 Å². The molecule has 4 aromatic rings. The Hall–Kier alpha value is -6.04. The lowest BCUT2D eigenvalue weighted by molar-refractivity contribution is 0.102. The maximum absolute atomic E-state index is 13.6. The summed E-state index contributed by atoms with van der Waals surface area (Å²) in [7, 11) is 0. The molecule has 8 bridgehead atoms. The topological polar surface area (TPSA) is 142 Å². The number of fused-ring (bicyclic) bond motifs is 8. The minimum atomic E-state index is -0.894. The third kappa shape index (κ3) is 13.1. The zero-order valence-corrected chi connectivity index (χ0v) is 43.2.